The Balaban J connectivity index is 3.76. The van der Waals surface area contributed by atoms with Crippen molar-refractivity contribution in [1.82, 2.24) is 0 Å². The van der Waals surface area contributed by atoms with Crippen LogP contribution in [0.4, 0.5) is 32.0 Å². The van der Waals surface area contributed by atoms with Gasteiger partial charge in [0.05, 0.1) is 10.7 Å². The standard InChI is InChI=1S/C17H24ClF6NOSi/c1-5-25-14-10-9-12(11-13(14)18)15(16(19,20)21,17(22,23)24)26-27(6-2,7-3)8-4/h9-11,25H,5-8H2,1-4H3. The molecule has 0 aliphatic carbocycles. The number of nitrogens with one attached hydrogen (secondary N) is 1. The highest BCUT2D eigenvalue weighted by molar-refractivity contribution is 6.73. The third kappa shape index (κ3) is 4.56. The number of hydrogen-bond donors (Lipinski definition) is 1. The fourth-order valence-electron chi connectivity index (χ4n) is 3.02. The summed E-state index contributed by atoms with van der Waals surface area (Å²) < 4.78 is 89.1. The molecule has 0 bridgehead atoms. The third-order valence-corrected chi connectivity index (χ3v) is 9.76. The monoisotopic (exact) mass is 435 g/mol. The molecule has 0 saturated heterocycles. The lowest BCUT2D eigenvalue weighted by Crippen LogP contribution is -2.61. The Labute approximate surface area is 161 Å². The van der Waals surface area contributed by atoms with E-state index in [9.17, 15) is 26.3 Å². The van der Waals surface area contributed by atoms with Crippen molar-refractivity contribution >= 4 is 25.6 Å². The van der Waals surface area contributed by atoms with E-state index in [1.165, 1.54) is 0 Å². The zero-order chi connectivity index (χ0) is 21.1. The first-order valence-corrected chi connectivity index (χ1v) is 11.6. The molecule has 0 radical (unpaired) electrons. The number of rotatable bonds is 8. The maximum absolute atomic E-state index is 14.0. The van der Waals surface area contributed by atoms with Gasteiger partial charge in [0.1, 0.15) is 0 Å². The van der Waals surface area contributed by atoms with E-state index < -0.39 is 31.8 Å². The van der Waals surface area contributed by atoms with Crippen LogP contribution < -0.4 is 5.32 Å². The lowest BCUT2D eigenvalue weighted by molar-refractivity contribution is -0.369. The molecule has 0 atom stereocenters. The molecular weight excluding hydrogens is 412 g/mol. The van der Waals surface area contributed by atoms with Crippen LogP contribution in [0.25, 0.3) is 0 Å². The van der Waals surface area contributed by atoms with Crippen molar-refractivity contribution in [3.05, 3.63) is 28.8 Å². The number of alkyl halides is 6. The fourth-order valence-corrected chi connectivity index (χ4v) is 6.20. The minimum Gasteiger partial charge on any atom is -0.393 e. The van der Waals surface area contributed by atoms with Crippen molar-refractivity contribution in [3.63, 3.8) is 0 Å². The number of benzene rings is 1. The Kier molecular flexibility index (Phi) is 7.69. The first-order valence-electron chi connectivity index (χ1n) is 8.71. The number of hydrogen-bond acceptors (Lipinski definition) is 2. The molecule has 0 heterocycles. The normalized spacial score (nSPS) is 13.7. The minimum atomic E-state index is -5.70. The van der Waals surface area contributed by atoms with Gasteiger partial charge in [0.15, 0.2) is 8.32 Å². The van der Waals surface area contributed by atoms with Gasteiger partial charge >= 0.3 is 12.4 Å². The molecule has 0 aliphatic rings. The van der Waals surface area contributed by atoms with Gasteiger partial charge in [-0.15, -0.1) is 0 Å². The summed E-state index contributed by atoms with van der Waals surface area (Å²) in [7, 11) is -3.30. The molecule has 0 aliphatic heterocycles. The van der Waals surface area contributed by atoms with Crippen molar-refractivity contribution in [2.45, 2.75) is 63.8 Å². The van der Waals surface area contributed by atoms with Crippen molar-refractivity contribution in [2.75, 3.05) is 11.9 Å². The van der Waals surface area contributed by atoms with E-state index in [1.807, 2.05) is 0 Å². The van der Waals surface area contributed by atoms with E-state index in [2.05, 4.69) is 5.32 Å². The molecule has 1 aromatic carbocycles. The van der Waals surface area contributed by atoms with Crippen molar-refractivity contribution in [1.29, 1.82) is 0 Å². The van der Waals surface area contributed by atoms with Gasteiger partial charge in [-0.2, -0.15) is 26.3 Å². The minimum absolute atomic E-state index is 0.136. The van der Waals surface area contributed by atoms with Crippen molar-refractivity contribution in [2.24, 2.45) is 0 Å². The topological polar surface area (TPSA) is 21.3 Å². The molecule has 2 nitrogen and oxygen atoms in total. The maximum Gasteiger partial charge on any atom is 0.429 e. The molecule has 10 heteroatoms. The van der Waals surface area contributed by atoms with Gasteiger partial charge in [-0.25, -0.2) is 0 Å². The number of anilines is 1. The molecule has 0 aromatic heterocycles. The van der Waals surface area contributed by atoms with E-state index in [1.54, 1.807) is 27.7 Å². The number of halogens is 7. The Hall–Kier alpha value is -0.933. The second-order valence-electron chi connectivity index (χ2n) is 6.25. The quantitative estimate of drug-likeness (QED) is 0.347. The van der Waals surface area contributed by atoms with Crippen LogP contribution in [0.15, 0.2) is 18.2 Å². The molecule has 1 rings (SSSR count). The van der Waals surface area contributed by atoms with Gasteiger partial charge in [0.25, 0.3) is 5.60 Å². The SMILES string of the molecule is CCNc1ccc(C(O[Si](CC)(CC)CC)(C(F)(F)F)C(F)(F)F)cc1Cl. The van der Waals surface area contributed by atoms with E-state index in [0.717, 1.165) is 12.1 Å². The molecule has 27 heavy (non-hydrogen) atoms. The van der Waals surface area contributed by atoms with Crippen LogP contribution in [0.5, 0.6) is 0 Å². The first kappa shape index (κ1) is 24.1. The highest BCUT2D eigenvalue weighted by Crippen LogP contribution is 2.55. The molecule has 156 valence electrons. The Bertz CT molecular complexity index is 609. The average Bonchev–Trinajstić information content (AvgIpc) is 2.56. The van der Waals surface area contributed by atoms with Gasteiger partial charge in [-0.3, -0.25) is 0 Å². The van der Waals surface area contributed by atoms with E-state index >= 15 is 0 Å². The predicted molar refractivity (Wildman–Crippen MR) is 97.7 cm³/mol. The third-order valence-electron chi connectivity index (χ3n) is 4.84. The van der Waals surface area contributed by atoms with E-state index in [-0.39, 0.29) is 28.8 Å². The predicted octanol–water partition coefficient (Wildman–Crippen LogP) is 7.11. The van der Waals surface area contributed by atoms with Crippen LogP contribution in [-0.2, 0) is 10.0 Å². The van der Waals surface area contributed by atoms with Crippen molar-refractivity contribution in [3.8, 4) is 0 Å². The average molecular weight is 436 g/mol. The molecular formula is C17H24ClF6NOSi. The van der Waals surface area contributed by atoms with E-state index in [0.29, 0.717) is 12.6 Å². The summed E-state index contributed by atoms with van der Waals surface area (Å²) in [6.45, 7) is 6.84. The Morgan fingerprint density at radius 1 is 0.926 bits per heavy atom. The summed E-state index contributed by atoms with van der Waals surface area (Å²) in [5.41, 5.74) is -5.21. The maximum atomic E-state index is 14.0. The summed E-state index contributed by atoms with van der Waals surface area (Å²) in [4.78, 5) is 0. The van der Waals surface area contributed by atoms with Gasteiger partial charge in [-0.1, -0.05) is 38.4 Å². The molecule has 0 fully saturated rings. The smallest absolute Gasteiger partial charge is 0.393 e. The van der Waals surface area contributed by atoms with Crippen LogP contribution in [0.2, 0.25) is 23.2 Å². The summed E-state index contributed by atoms with van der Waals surface area (Å²) in [5, 5.41) is 2.56. The van der Waals surface area contributed by atoms with Crippen LogP contribution in [0.3, 0.4) is 0 Å². The van der Waals surface area contributed by atoms with Gasteiger partial charge in [0.2, 0.25) is 0 Å². The van der Waals surface area contributed by atoms with Crippen molar-refractivity contribution < 1.29 is 30.8 Å². The zero-order valence-electron chi connectivity index (χ0n) is 15.6. The largest absolute Gasteiger partial charge is 0.429 e. The lowest BCUT2D eigenvalue weighted by atomic mass is 9.92. The first-order chi connectivity index (χ1) is 12.3. The summed E-state index contributed by atoms with van der Waals surface area (Å²) >= 11 is 5.95. The second-order valence-corrected chi connectivity index (χ2v) is 11.3. The Morgan fingerprint density at radius 2 is 1.41 bits per heavy atom. The highest BCUT2D eigenvalue weighted by Gasteiger charge is 2.74. The molecule has 1 aromatic rings. The van der Waals surface area contributed by atoms with Crippen LogP contribution in [0, 0.1) is 0 Å². The van der Waals surface area contributed by atoms with Crippen LogP contribution >= 0.6 is 11.6 Å². The molecule has 0 amide bonds. The molecule has 0 saturated carbocycles. The molecule has 0 spiro atoms. The molecule has 1 N–H and O–H groups in total. The second kappa shape index (κ2) is 8.61. The Morgan fingerprint density at radius 3 is 1.74 bits per heavy atom. The summed E-state index contributed by atoms with van der Waals surface area (Å²) in [5.74, 6) is 0. The summed E-state index contributed by atoms with van der Waals surface area (Å²) in [6.07, 6.45) is -11.4. The van der Waals surface area contributed by atoms with Crippen LogP contribution in [-0.4, -0.2) is 27.2 Å². The highest BCUT2D eigenvalue weighted by atomic mass is 35.5. The van der Waals surface area contributed by atoms with Gasteiger partial charge in [-0.05, 0) is 37.2 Å². The van der Waals surface area contributed by atoms with Crippen LogP contribution in [0.1, 0.15) is 33.3 Å². The van der Waals surface area contributed by atoms with E-state index in [4.69, 9.17) is 16.0 Å². The van der Waals surface area contributed by atoms with Gasteiger partial charge in [0, 0.05) is 12.1 Å². The zero-order valence-corrected chi connectivity index (χ0v) is 17.4. The van der Waals surface area contributed by atoms with Gasteiger partial charge < -0.3 is 9.74 Å². The molecule has 0 unspecified atom stereocenters. The summed E-state index contributed by atoms with van der Waals surface area (Å²) in [6, 6.07) is 3.00. The lowest BCUT2D eigenvalue weighted by Gasteiger charge is -2.44. The fraction of sp³-hybridized carbons (Fsp3) is 0.647.